The third-order valence-corrected chi connectivity index (χ3v) is 4.21. The molecule has 0 aliphatic rings. The maximum absolute atomic E-state index is 12.7. The number of ether oxygens (including phenoxy) is 2. The molecule has 0 N–H and O–H groups in total. The Kier molecular flexibility index (Phi) is 2.87. The van der Waals surface area contributed by atoms with E-state index in [4.69, 9.17) is 9.47 Å². The number of fused-ring (bicyclic) bond motifs is 2. The monoisotopic (exact) mass is 272 g/mol. The molecule has 3 aromatic rings. The van der Waals surface area contributed by atoms with Gasteiger partial charge in [-0.1, -0.05) is 12.1 Å². The number of hydrogen-bond donors (Lipinski definition) is 0. The molecule has 0 aliphatic carbocycles. The van der Waals surface area contributed by atoms with E-state index in [1.807, 2.05) is 24.3 Å². The molecule has 1 aromatic heterocycles. The Hall–Kier alpha value is -2.07. The number of benzene rings is 2. The first-order valence-corrected chi connectivity index (χ1v) is 6.64. The van der Waals surface area contributed by atoms with E-state index in [1.165, 1.54) is 0 Å². The lowest BCUT2D eigenvalue weighted by atomic mass is 10.1. The molecule has 0 atom stereocenters. The van der Waals surface area contributed by atoms with Gasteiger partial charge in [0.15, 0.2) is 0 Å². The highest BCUT2D eigenvalue weighted by molar-refractivity contribution is 7.24. The van der Waals surface area contributed by atoms with Gasteiger partial charge in [0.25, 0.3) is 0 Å². The lowest BCUT2D eigenvalue weighted by molar-refractivity contribution is 0.418. The highest BCUT2D eigenvalue weighted by Gasteiger charge is 2.13. The summed E-state index contributed by atoms with van der Waals surface area (Å²) in [7, 11) is 3.15. The van der Waals surface area contributed by atoms with E-state index < -0.39 is 0 Å². The Morgan fingerprint density at radius 3 is 1.74 bits per heavy atom. The number of methoxy groups -OCH3 is 2. The third-order valence-electron chi connectivity index (χ3n) is 3.09. The average Bonchev–Trinajstić information content (AvgIpc) is 2.45. The standard InChI is InChI=1S/C15H12O3S/c1-17-9-5-3-7-11-13(9)15(16)14-10(18-2)6-4-8-12(14)19-11/h3-8H,1-2H3. The van der Waals surface area contributed by atoms with Crippen LogP contribution in [0, 0.1) is 0 Å². The van der Waals surface area contributed by atoms with E-state index in [9.17, 15) is 4.79 Å². The SMILES string of the molecule is COc1cccc2sc3cccc(OC)c3c(=O)c12. The predicted octanol–water partition coefficient (Wildman–Crippen LogP) is 3.43. The molecule has 0 saturated carbocycles. The Bertz CT molecular complexity index is 756. The fourth-order valence-corrected chi connectivity index (χ4v) is 3.34. The molecule has 1 heterocycles. The van der Waals surface area contributed by atoms with E-state index in [2.05, 4.69) is 0 Å². The molecule has 0 saturated heterocycles. The molecule has 0 spiro atoms. The molecule has 0 bridgehead atoms. The van der Waals surface area contributed by atoms with Gasteiger partial charge in [-0.05, 0) is 24.3 Å². The molecule has 3 rings (SSSR count). The molecule has 96 valence electrons. The zero-order valence-corrected chi connectivity index (χ0v) is 11.4. The van der Waals surface area contributed by atoms with Gasteiger partial charge in [0.2, 0.25) is 5.43 Å². The molecule has 19 heavy (non-hydrogen) atoms. The van der Waals surface area contributed by atoms with Crippen molar-refractivity contribution >= 4 is 31.5 Å². The van der Waals surface area contributed by atoms with Crippen molar-refractivity contribution in [2.75, 3.05) is 14.2 Å². The maximum Gasteiger partial charge on any atom is 0.203 e. The smallest absolute Gasteiger partial charge is 0.203 e. The third kappa shape index (κ3) is 1.76. The fourth-order valence-electron chi connectivity index (χ4n) is 2.22. The highest BCUT2D eigenvalue weighted by Crippen LogP contribution is 2.33. The second-order valence-electron chi connectivity index (χ2n) is 4.10. The van der Waals surface area contributed by atoms with Gasteiger partial charge in [0, 0.05) is 9.40 Å². The van der Waals surface area contributed by atoms with Crippen LogP contribution in [0.3, 0.4) is 0 Å². The summed E-state index contributed by atoms with van der Waals surface area (Å²) in [6, 6.07) is 11.3. The van der Waals surface area contributed by atoms with Crippen LogP contribution in [-0.4, -0.2) is 14.2 Å². The molecule has 3 nitrogen and oxygen atoms in total. The van der Waals surface area contributed by atoms with Crippen molar-refractivity contribution in [1.29, 1.82) is 0 Å². The Balaban J connectivity index is 2.58. The van der Waals surface area contributed by atoms with E-state index in [1.54, 1.807) is 37.7 Å². The molecule has 0 radical (unpaired) electrons. The van der Waals surface area contributed by atoms with E-state index in [0.29, 0.717) is 22.3 Å². The van der Waals surface area contributed by atoms with Gasteiger partial charge >= 0.3 is 0 Å². The summed E-state index contributed by atoms with van der Waals surface area (Å²) < 4.78 is 12.4. The first-order valence-electron chi connectivity index (χ1n) is 5.83. The van der Waals surface area contributed by atoms with Crippen LogP contribution in [0.4, 0.5) is 0 Å². The molecular weight excluding hydrogens is 260 g/mol. The van der Waals surface area contributed by atoms with Gasteiger partial charge in [0.1, 0.15) is 11.5 Å². The zero-order chi connectivity index (χ0) is 13.4. The summed E-state index contributed by atoms with van der Waals surface area (Å²) in [6.45, 7) is 0. The minimum absolute atomic E-state index is 0.0429. The molecule has 0 aliphatic heterocycles. The minimum Gasteiger partial charge on any atom is -0.496 e. The van der Waals surface area contributed by atoms with Crippen molar-refractivity contribution in [1.82, 2.24) is 0 Å². The highest BCUT2D eigenvalue weighted by atomic mass is 32.1. The molecular formula is C15H12O3S. The number of rotatable bonds is 2. The van der Waals surface area contributed by atoms with Crippen LogP contribution in [0.25, 0.3) is 20.2 Å². The Labute approximate surface area is 114 Å². The van der Waals surface area contributed by atoms with Gasteiger partial charge in [-0.15, -0.1) is 11.3 Å². The molecule has 4 heteroatoms. The lowest BCUT2D eigenvalue weighted by Crippen LogP contribution is -2.04. The topological polar surface area (TPSA) is 35.5 Å². The molecule has 0 amide bonds. The van der Waals surface area contributed by atoms with Gasteiger partial charge in [-0.25, -0.2) is 0 Å². The van der Waals surface area contributed by atoms with Gasteiger partial charge in [0.05, 0.1) is 25.0 Å². The van der Waals surface area contributed by atoms with E-state index >= 15 is 0 Å². The van der Waals surface area contributed by atoms with Crippen molar-refractivity contribution in [3.05, 3.63) is 46.6 Å². The lowest BCUT2D eigenvalue weighted by Gasteiger charge is -2.08. The van der Waals surface area contributed by atoms with Gasteiger partial charge in [-0.2, -0.15) is 0 Å². The van der Waals surface area contributed by atoms with Crippen LogP contribution in [0.2, 0.25) is 0 Å². The van der Waals surface area contributed by atoms with Crippen LogP contribution in [0.5, 0.6) is 11.5 Å². The van der Waals surface area contributed by atoms with Crippen LogP contribution >= 0.6 is 11.3 Å². The summed E-state index contributed by atoms with van der Waals surface area (Å²) in [6.07, 6.45) is 0. The largest absolute Gasteiger partial charge is 0.496 e. The van der Waals surface area contributed by atoms with Crippen molar-refractivity contribution in [2.24, 2.45) is 0 Å². The van der Waals surface area contributed by atoms with Crippen molar-refractivity contribution < 1.29 is 9.47 Å². The van der Waals surface area contributed by atoms with Crippen LogP contribution in [0.15, 0.2) is 41.2 Å². The normalized spacial score (nSPS) is 10.8. The van der Waals surface area contributed by atoms with Crippen LogP contribution < -0.4 is 14.9 Å². The predicted molar refractivity (Wildman–Crippen MR) is 78.7 cm³/mol. The van der Waals surface area contributed by atoms with Gasteiger partial charge in [-0.3, -0.25) is 4.79 Å². The maximum atomic E-state index is 12.7. The average molecular weight is 272 g/mol. The Morgan fingerprint density at radius 2 is 1.32 bits per heavy atom. The fraction of sp³-hybridized carbons (Fsp3) is 0.133. The van der Waals surface area contributed by atoms with Crippen LogP contribution in [-0.2, 0) is 0 Å². The summed E-state index contributed by atoms with van der Waals surface area (Å²) in [5, 5.41) is 1.24. The summed E-state index contributed by atoms with van der Waals surface area (Å²) in [4.78, 5) is 12.7. The minimum atomic E-state index is -0.0429. The van der Waals surface area contributed by atoms with Crippen molar-refractivity contribution in [3.8, 4) is 11.5 Å². The molecule has 2 aromatic carbocycles. The first-order chi connectivity index (χ1) is 9.26. The Morgan fingerprint density at radius 1 is 0.842 bits per heavy atom. The second-order valence-corrected chi connectivity index (χ2v) is 5.18. The quantitative estimate of drug-likeness (QED) is 0.670. The molecule has 0 fully saturated rings. The van der Waals surface area contributed by atoms with Crippen LogP contribution in [0.1, 0.15) is 0 Å². The van der Waals surface area contributed by atoms with E-state index in [-0.39, 0.29) is 5.43 Å². The van der Waals surface area contributed by atoms with Gasteiger partial charge < -0.3 is 9.47 Å². The second kappa shape index (κ2) is 4.55. The molecule has 0 unspecified atom stereocenters. The van der Waals surface area contributed by atoms with Crippen molar-refractivity contribution in [3.63, 3.8) is 0 Å². The summed E-state index contributed by atoms with van der Waals surface area (Å²) >= 11 is 1.56. The first kappa shape index (κ1) is 12.0. The van der Waals surface area contributed by atoms with E-state index in [0.717, 1.165) is 9.40 Å². The number of hydrogen-bond acceptors (Lipinski definition) is 4. The summed E-state index contributed by atoms with van der Waals surface area (Å²) in [5.41, 5.74) is -0.0429. The van der Waals surface area contributed by atoms with Crippen molar-refractivity contribution in [2.45, 2.75) is 0 Å². The summed E-state index contributed by atoms with van der Waals surface area (Å²) in [5.74, 6) is 1.21. The zero-order valence-electron chi connectivity index (χ0n) is 10.6.